The molecule has 0 aliphatic carbocycles. The van der Waals surface area contributed by atoms with Crippen molar-refractivity contribution in [1.82, 2.24) is 10.2 Å². The third kappa shape index (κ3) is 3.77. The molecule has 3 atom stereocenters. The quantitative estimate of drug-likeness (QED) is 0.862. The van der Waals surface area contributed by atoms with Gasteiger partial charge in [-0.1, -0.05) is 0 Å². The maximum atomic E-state index is 13.9. The largest absolute Gasteiger partial charge is 0.337 e. The first-order valence-electron chi connectivity index (χ1n) is 8.17. The van der Waals surface area contributed by atoms with Gasteiger partial charge >= 0.3 is 0 Å². The lowest BCUT2D eigenvalue weighted by Gasteiger charge is -2.39. The van der Waals surface area contributed by atoms with E-state index in [4.69, 9.17) is 0 Å². The van der Waals surface area contributed by atoms with Crippen molar-refractivity contribution in [3.05, 3.63) is 29.8 Å². The summed E-state index contributed by atoms with van der Waals surface area (Å²) >= 11 is 0. The minimum absolute atomic E-state index is 0. The first-order chi connectivity index (χ1) is 11.4. The molecule has 25 heavy (non-hydrogen) atoms. The molecule has 5 nitrogen and oxygen atoms in total. The maximum Gasteiger partial charge on any atom is 0.228 e. The molecule has 1 N–H and O–H groups in total. The summed E-state index contributed by atoms with van der Waals surface area (Å²) in [4.78, 5) is 28.1. The highest BCUT2D eigenvalue weighted by atomic mass is 35.5. The second kappa shape index (κ2) is 7.66. The van der Waals surface area contributed by atoms with Gasteiger partial charge in [0.2, 0.25) is 11.8 Å². The highest BCUT2D eigenvalue weighted by Gasteiger charge is 2.40. The Hall–Kier alpha value is -1.73. The highest BCUT2D eigenvalue weighted by molar-refractivity contribution is 6.00. The minimum Gasteiger partial charge on any atom is -0.337 e. The normalized spacial score (nSPS) is 26.6. The van der Waals surface area contributed by atoms with Gasteiger partial charge in [-0.15, -0.1) is 12.4 Å². The molecule has 2 fully saturated rings. The lowest BCUT2D eigenvalue weighted by Crippen LogP contribution is -2.58. The molecular weight excluding hydrogens is 352 g/mol. The van der Waals surface area contributed by atoms with Crippen molar-refractivity contribution in [3.63, 3.8) is 0 Å². The Balaban J connectivity index is 0.00000225. The van der Waals surface area contributed by atoms with Crippen LogP contribution >= 0.6 is 12.4 Å². The summed E-state index contributed by atoms with van der Waals surface area (Å²) in [5, 5.41) is 3.31. The molecule has 8 heteroatoms. The first kappa shape index (κ1) is 19.6. The van der Waals surface area contributed by atoms with Gasteiger partial charge in [0.1, 0.15) is 11.6 Å². The number of hydrogen-bond acceptors (Lipinski definition) is 3. The van der Waals surface area contributed by atoms with E-state index < -0.39 is 17.6 Å². The van der Waals surface area contributed by atoms with Gasteiger partial charge in [-0.05, 0) is 26.0 Å². The summed E-state index contributed by atoms with van der Waals surface area (Å²) in [5.74, 6) is -2.36. The molecule has 138 valence electrons. The van der Waals surface area contributed by atoms with Crippen LogP contribution in [0.25, 0.3) is 0 Å². The molecule has 0 radical (unpaired) electrons. The third-order valence-electron chi connectivity index (χ3n) is 4.99. The number of carbonyl (C=O) groups is 2. The topological polar surface area (TPSA) is 52.7 Å². The van der Waals surface area contributed by atoms with E-state index in [9.17, 15) is 18.4 Å². The molecule has 0 spiro atoms. The molecule has 1 aromatic rings. The Morgan fingerprint density at radius 2 is 2.00 bits per heavy atom. The monoisotopic (exact) mass is 373 g/mol. The predicted molar refractivity (Wildman–Crippen MR) is 92.7 cm³/mol. The van der Waals surface area contributed by atoms with Gasteiger partial charge in [0.15, 0.2) is 0 Å². The van der Waals surface area contributed by atoms with Gasteiger partial charge in [-0.2, -0.15) is 0 Å². The minimum atomic E-state index is -0.791. The second-order valence-electron chi connectivity index (χ2n) is 6.52. The number of amides is 2. The average molecular weight is 374 g/mol. The van der Waals surface area contributed by atoms with Gasteiger partial charge in [-0.3, -0.25) is 9.59 Å². The fourth-order valence-electron chi connectivity index (χ4n) is 3.41. The summed E-state index contributed by atoms with van der Waals surface area (Å²) in [5.41, 5.74) is 0.0263. The third-order valence-corrected chi connectivity index (χ3v) is 4.99. The lowest BCUT2D eigenvalue weighted by atomic mass is 10.0. The van der Waals surface area contributed by atoms with Crippen molar-refractivity contribution in [2.24, 2.45) is 5.92 Å². The molecule has 1 aromatic carbocycles. The molecule has 2 saturated heterocycles. The Kier molecular flexibility index (Phi) is 6.00. The number of hydrogen-bond donors (Lipinski definition) is 1. The smallest absolute Gasteiger partial charge is 0.228 e. The summed E-state index contributed by atoms with van der Waals surface area (Å²) in [7, 11) is 0. The zero-order valence-electron chi connectivity index (χ0n) is 14.2. The van der Waals surface area contributed by atoms with Crippen LogP contribution in [-0.2, 0) is 9.59 Å². The van der Waals surface area contributed by atoms with Crippen molar-refractivity contribution in [2.75, 3.05) is 24.5 Å². The fraction of sp³-hybridized carbons (Fsp3) is 0.529. The van der Waals surface area contributed by atoms with Crippen LogP contribution in [0, 0.1) is 17.6 Å². The fourth-order valence-corrected chi connectivity index (χ4v) is 3.41. The van der Waals surface area contributed by atoms with E-state index in [0.717, 1.165) is 12.1 Å². The molecule has 2 amide bonds. The van der Waals surface area contributed by atoms with E-state index >= 15 is 0 Å². The van der Waals surface area contributed by atoms with Crippen molar-refractivity contribution in [3.8, 4) is 0 Å². The van der Waals surface area contributed by atoms with Crippen LogP contribution in [0.1, 0.15) is 20.3 Å². The Labute approximate surface area is 151 Å². The molecule has 0 saturated carbocycles. The standard InChI is InChI=1S/C17H21F2N3O2.ClH/c1-10-11(2)21(6-5-20-10)17(24)12-7-16(23)22(9-12)15-4-3-13(18)8-14(15)19;/h3-4,8,10-12,20H,5-7,9H2,1-2H3;1H. The Bertz CT molecular complexity index is 673. The van der Waals surface area contributed by atoms with Crippen molar-refractivity contribution >= 4 is 29.9 Å². The van der Waals surface area contributed by atoms with Gasteiger partial charge in [0, 0.05) is 44.2 Å². The SMILES string of the molecule is CC1NCCN(C(=O)C2CC(=O)N(c3ccc(F)cc3F)C2)C1C.Cl. The number of piperazine rings is 1. The van der Waals surface area contributed by atoms with Crippen LogP contribution < -0.4 is 10.2 Å². The number of benzene rings is 1. The molecule has 3 rings (SSSR count). The van der Waals surface area contributed by atoms with Crippen LogP contribution in [0.3, 0.4) is 0 Å². The van der Waals surface area contributed by atoms with Gasteiger partial charge < -0.3 is 15.1 Å². The maximum absolute atomic E-state index is 13.9. The number of nitrogens with zero attached hydrogens (tertiary/aromatic N) is 2. The zero-order valence-corrected chi connectivity index (χ0v) is 15.0. The van der Waals surface area contributed by atoms with Crippen LogP contribution in [0.15, 0.2) is 18.2 Å². The summed E-state index contributed by atoms with van der Waals surface area (Å²) < 4.78 is 27.0. The number of nitrogens with one attached hydrogen (secondary N) is 1. The van der Waals surface area contributed by atoms with E-state index in [2.05, 4.69) is 5.32 Å². The number of halogens is 3. The first-order valence-corrected chi connectivity index (χ1v) is 8.17. The molecule has 0 aromatic heterocycles. The summed E-state index contributed by atoms with van der Waals surface area (Å²) in [6.45, 7) is 5.44. The van der Waals surface area contributed by atoms with E-state index in [1.54, 1.807) is 4.90 Å². The van der Waals surface area contributed by atoms with Crippen LogP contribution in [0.2, 0.25) is 0 Å². The Morgan fingerprint density at radius 3 is 2.68 bits per heavy atom. The second-order valence-corrected chi connectivity index (χ2v) is 6.52. The van der Waals surface area contributed by atoms with Crippen molar-refractivity contribution < 1.29 is 18.4 Å². The molecule has 2 aliphatic heterocycles. The molecule has 2 heterocycles. The summed E-state index contributed by atoms with van der Waals surface area (Å²) in [6, 6.07) is 3.33. The number of rotatable bonds is 2. The van der Waals surface area contributed by atoms with Crippen LogP contribution in [-0.4, -0.2) is 48.4 Å². The van der Waals surface area contributed by atoms with E-state index in [1.807, 2.05) is 13.8 Å². The molecule has 3 unspecified atom stereocenters. The van der Waals surface area contributed by atoms with Crippen molar-refractivity contribution in [2.45, 2.75) is 32.4 Å². The molecule has 2 aliphatic rings. The zero-order chi connectivity index (χ0) is 17.4. The van der Waals surface area contributed by atoms with E-state index in [1.165, 1.54) is 11.0 Å². The predicted octanol–water partition coefficient (Wildman–Crippen LogP) is 1.95. The Morgan fingerprint density at radius 1 is 1.28 bits per heavy atom. The van der Waals surface area contributed by atoms with Crippen LogP contribution in [0.4, 0.5) is 14.5 Å². The lowest BCUT2D eigenvalue weighted by molar-refractivity contribution is -0.139. The highest BCUT2D eigenvalue weighted by Crippen LogP contribution is 2.29. The molecular formula is C17H22ClF2N3O2. The van der Waals surface area contributed by atoms with Crippen LogP contribution in [0.5, 0.6) is 0 Å². The van der Waals surface area contributed by atoms with Crippen molar-refractivity contribution in [1.29, 1.82) is 0 Å². The summed E-state index contributed by atoms with van der Waals surface area (Å²) in [6.07, 6.45) is 0.0562. The number of anilines is 1. The van der Waals surface area contributed by atoms with Gasteiger partial charge in [0.25, 0.3) is 0 Å². The van der Waals surface area contributed by atoms with E-state index in [-0.39, 0.29) is 55.0 Å². The number of carbonyl (C=O) groups excluding carboxylic acids is 2. The van der Waals surface area contributed by atoms with E-state index in [0.29, 0.717) is 13.1 Å². The van der Waals surface area contributed by atoms with Gasteiger partial charge in [0.05, 0.1) is 11.6 Å². The average Bonchev–Trinajstić information content (AvgIpc) is 2.91. The molecule has 0 bridgehead atoms. The van der Waals surface area contributed by atoms with Gasteiger partial charge in [-0.25, -0.2) is 8.78 Å².